The van der Waals surface area contributed by atoms with Gasteiger partial charge in [0.1, 0.15) is 17.2 Å². The molecule has 10 heteroatoms. The molecule has 3 aromatic carbocycles. The van der Waals surface area contributed by atoms with E-state index in [4.69, 9.17) is 9.47 Å². The van der Waals surface area contributed by atoms with E-state index in [1.54, 1.807) is 55.8 Å². The maximum atomic E-state index is 13.1. The van der Waals surface area contributed by atoms with Crippen molar-refractivity contribution in [3.63, 3.8) is 0 Å². The molecule has 0 aliphatic carbocycles. The topological polar surface area (TPSA) is 78.8 Å². The van der Waals surface area contributed by atoms with Crippen LogP contribution >= 0.6 is 0 Å². The Morgan fingerprint density at radius 3 is 2.32 bits per heavy atom. The lowest BCUT2D eigenvalue weighted by Crippen LogP contribution is -2.21. The second-order valence-corrected chi connectivity index (χ2v) is 8.11. The fourth-order valence-electron chi connectivity index (χ4n) is 3.91. The summed E-state index contributed by atoms with van der Waals surface area (Å²) < 4.78 is 53.0. The highest BCUT2D eigenvalue weighted by Crippen LogP contribution is 2.27. The van der Waals surface area contributed by atoms with Gasteiger partial charge in [-0.25, -0.2) is 0 Å². The summed E-state index contributed by atoms with van der Waals surface area (Å²) in [5.74, 6) is 0.501. The number of hydrogen-bond donors (Lipinski definition) is 1. The van der Waals surface area contributed by atoms with Crippen molar-refractivity contribution < 1.29 is 32.2 Å². The van der Waals surface area contributed by atoms with E-state index in [1.807, 2.05) is 0 Å². The number of carbonyl (C=O) groups is 1. The van der Waals surface area contributed by atoms with Gasteiger partial charge >= 0.3 is 6.36 Å². The molecule has 0 spiro atoms. The minimum Gasteiger partial charge on any atom is -0.497 e. The fourth-order valence-corrected chi connectivity index (χ4v) is 3.91. The van der Waals surface area contributed by atoms with Crippen molar-refractivity contribution in [1.82, 2.24) is 4.57 Å². The van der Waals surface area contributed by atoms with Gasteiger partial charge in [-0.2, -0.15) is 0 Å². The predicted octanol–water partition coefficient (Wildman–Crippen LogP) is 5.15. The average molecular weight is 512 g/mol. The summed E-state index contributed by atoms with van der Waals surface area (Å²) in [5, 5.41) is 3.81. The van der Waals surface area contributed by atoms with Crippen LogP contribution in [-0.2, 0) is 17.8 Å². The number of fused-ring (bicyclic) bond motifs is 1. The zero-order valence-electron chi connectivity index (χ0n) is 20.0. The molecule has 192 valence electrons. The van der Waals surface area contributed by atoms with Gasteiger partial charge in [-0.05, 0) is 42.0 Å². The molecule has 37 heavy (non-hydrogen) atoms. The molecule has 0 aliphatic rings. The van der Waals surface area contributed by atoms with E-state index in [-0.39, 0.29) is 30.2 Å². The number of benzene rings is 3. The number of pyridine rings is 1. The molecule has 0 bridgehead atoms. The van der Waals surface area contributed by atoms with E-state index in [9.17, 15) is 22.8 Å². The summed E-state index contributed by atoms with van der Waals surface area (Å²) in [6, 6.07) is 17.2. The summed E-state index contributed by atoms with van der Waals surface area (Å²) in [6.07, 6.45) is -3.15. The number of rotatable bonds is 8. The quantitative estimate of drug-likeness (QED) is 0.354. The van der Waals surface area contributed by atoms with Crippen LogP contribution in [0.1, 0.15) is 11.1 Å². The molecular weight excluding hydrogens is 489 g/mol. The normalized spacial score (nSPS) is 11.3. The maximum Gasteiger partial charge on any atom is 0.573 e. The molecule has 0 radical (unpaired) electrons. The van der Waals surface area contributed by atoms with Crippen LogP contribution in [0, 0.1) is 0 Å². The van der Waals surface area contributed by atoms with E-state index in [0.29, 0.717) is 39.1 Å². The van der Waals surface area contributed by atoms with Crippen LogP contribution in [0.5, 0.6) is 17.2 Å². The Hall–Kier alpha value is -4.47. The molecule has 4 aromatic rings. The molecule has 0 saturated heterocycles. The second kappa shape index (κ2) is 10.7. The predicted molar refractivity (Wildman–Crippen MR) is 132 cm³/mol. The Labute approximate surface area is 210 Å². The first-order chi connectivity index (χ1) is 17.7. The second-order valence-electron chi connectivity index (χ2n) is 8.11. The molecule has 7 nitrogen and oxygen atoms in total. The molecule has 0 unspecified atom stereocenters. The Morgan fingerprint density at radius 2 is 1.65 bits per heavy atom. The van der Waals surface area contributed by atoms with E-state index >= 15 is 0 Å². The molecule has 1 N–H and O–H groups in total. The van der Waals surface area contributed by atoms with Crippen LogP contribution in [-0.4, -0.2) is 31.1 Å². The fraction of sp³-hybridized carbons (Fsp3) is 0.185. The van der Waals surface area contributed by atoms with Gasteiger partial charge in [0.15, 0.2) is 0 Å². The lowest BCUT2D eigenvalue weighted by molar-refractivity contribution is -0.274. The highest BCUT2D eigenvalue weighted by molar-refractivity contribution is 6.02. The van der Waals surface area contributed by atoms with E-state index < -0.39 is 6.36 Å². The van der Waals surface area contributed by atoms with Gasteiger partial charge in [-0.1, -0.05) is 24.3 Å². The van der Waals surface area contributed by atoms with E-state index in [0.717, 1.165) is 0 Å². The Balaban J connectivity index is 1.52. The van der Waals surface area contributed by atoms with Crippen LogP contribution in [0.15, 0.2) is 77.7 Å². The van der Waals surface area contributed by atoms with Crippen molar-refractivity contribution in [2.45, 2.75) is 19.3 Å². The molecule has 4 rings (SSSR count). The lowest BCUT2D eigenvalue weighted by atomic mass is 10.1. The standard InChI is InChI=1S/C27H23F3N2O5/c1-35-20-11-8-18(24(15-20)36-2)14-25(33)31-23-5-3-4-22-21(23)12-13-32(26(22)34)16-17-6-9-19(10-7-17)37-27(28,29)30/h3-13,15H,14,16H2,1-2H3,(H,31,33). The largest absolute Gasteiger partial charge is 0.573 e. The zero-order valence-corrected chi connectivity index (χ0v) is 20.0. The van der Waals surface area contributed by atoms with Crippen molar-refractivity contribution in [3.8, 4) is 17.2 Å². The van der Waals surface area contributed by atoms with Gasteiger partial charge in [0.25, 0.3) is 5.56 Å². The SMILES string of the molecule is COc1ccc(CC(=O)Nc2cccc3c(=O)n(Cc4ccc(OC(F)(F)F)cc4)ccc23)c(OC)c1. The van der Waals surface area contributed by atoms with Crippen molar-refractivity contribution in [2.75, 3.05) is 19.5 Å². The maximum absolute atomic E-state index is 13.1. The Bertz CT molecular complexity index is 1480. The Kier molecular flexibility index (Phi) is 7.37. The molecule has 0 saturated carbocycles. The molecule has 1 aromatic heterocycles. The number of ether oxygens (including phenoxy) is 3. The van der Waals surface area contributed by atoms with Gasteiger partial charge < -0.3 is 24.1 Å². The summed E-state index contributed by atoms with van der Waals surface area (Å²) in [4.78, 5) is 25.9. The third kappa shape index (κ3) is 6.21. The van der Waals surface area contributed by atoms with Gasteiger partial charge in [0.2, 0.25) is 5.91 Å². The van der Waals surface area contributed by atoms with Gasteiger partial charge in [-0.3, -0.25) is 9.59 Å². The first-order valence-electron chi connectivity index (χ1n) is 11.1. The van der Waals surface area contributed by atoms with Crippen LogP contribution in [0.25, 0.3) is 10.8 Å². The number of methoxy groups -OCH3 is 2. The molecule has 0 aliphatic heterocycles. The minimum absolute atomic E-state index is 0.0503. The van der Waals surface area contributed by atoms with Gasteiger partial charge in [0, 0.05) is 34.3 Å². The number of nitrogens with zero attached hydrogens (tertiary/aromatic N) is 1. The number of carbonyl (C=O) groups excluding carboxylic acids is 1. The number of amides is 1. The van der Waals surface area contributed by atoms with Crippen LogP contribution in [0.3, 0.4) is 0 Å². The molecule has 0 atom stereocenters. The molecule has 1 amide bonds. The number of nitrogens with one attached hydrogen (secondary N) is 1. The van der Waals surface area contributed by atoms with Crippen molar-refractivity contribution in [2.24, 2.45) is 0 Å². The lowest BCUT2D eigenvalue weighted by Gasteiger charge is -2.13. The number of hydrogen-bond acceptors (Lipinski definition) is 5. The van der Waals surface area contributed by atoms with Gasteiger partial charge in [0.05, 0.1) is 27.2 Å². The van der Waals surface area contributed by atoms with Crippen molar-refractivity contribution >= 4 is 22.4 Å². The third-order valence-electron chi connectivity index (χ3n) is 5.65. The smallest absolute Gasteiger partial charge is 0.497 e. The number of aromatic nitrogens is 1. The zero-order chi connectivity index (χ0) is 26.6. The van der Waals surface area contributed by atoms with E-state index in [2.05, 4.69) is 10.1 Å². The first kappa shape index (κ1) is 25.6. The van der Waals surface area contributed by atoms with Crippen molar-refractivity contribution in [1.29, 1.82) is 0 Å². The highest BCUT2D eigenvalue weighted by atomic mass is 19.4. The highest BCUT2D eigenvalue weighted by Gasteiger charge is 2.30. The molecule has 1 heterocycles. The van der Waals surface area contributed by atoms with E-state index in [1.165, 1.54) is 35.9 Å². The van der Waals surface area contributed by atoms with Crippen molar-refractivity contribution in [3.05, 3.63) is 94.4 Å². The minimum atomic E-state index is -4.77. The first-order valence-corrected chi connectivity index (χ1v) is 11.1. The Morgan fingerprint density at radius 1 is 0.919 bits per heavy atom. The molecule has 0 fully saturated rings. The summed E-state index contributed by atoms with van der Waals surface area (Å²) in [6.45, 7) is 0.148. The van der Waals surface area contributed by atoms with Crippen LogP contribution in [0.2, 0.25) is 0 Å². The van der Waals surface area contributed by atoms with Crippen LogP contribution in [0.4, 0.5) is 18.9 Å². The average Bonchev–Trinajstić information content (AvgIpc) is 2.86. The number of halogens is 3. The summed E-state index contributed by atoms with van der Waals surface area (Å²) >= 11 is 0. The van der Waals surface area contributed by atoms with Gasteiger partial charge in [-0.15, -0.1) is 13.2 Å². The molecular formula is C27H23F3N2O5. The third-order valence-corrected chi connectivity index (χ3v) is 5.65. The number of alkyl halides is 3. The monoisotopic (exact) mass is 512 g/mol. The summed E-state index contributed by atoms with van der Waals surface area (Å²) in [7, 11) is 3.05. The summed E-state index contributed by atoms with van der Waals surface area (Å²) in [5.41, 5.74) is 1.47. The number of anilines is 1. The van der Waals surface area contributed by atoms with Crippen LogP contribution < -0.4 is 25.1 Å².